The van der Waals surface area contributed by atoms with Crippen molar-refractivity contribution in [1.29, 1.82) is 0 Å². The maximum absolute atomic E-state index is 11.2. The van der Waals surface area contributed by atoms with Gasteiger partial charge in [0.25, 0.3) is 0 Å². The minimum atomic E-state index is -0.659. The second-order valence-corrected chi connectivity index (χ2v) is 3.89. The van der Waals surface area contributed by atoms with E-state index in [1.807, 2.05) is 12.2 Å². The lowest BCUT2D eigenvalue weighted by Crippen LogP contribution is -2.06. The van der Waals surface area contributed by atoms with Crippen LogP contribution < -0.4 is 0 Å². The number of hydrogen-bond acceptors (Lipinski definition) is 3. The average Bonchev–Trinajstić information content (AvgIpc) is 2.38. The molecule has 0 saturated heterocycles. The molecule has 0 rings (SSSR count). The van der Waals surface area contributed by atoms with Gasteiger partial charge in [-0.05, 0) is 12.8 Å². The van der Waals surface area contributed by atoms with Crippen molar-refractivity contribution >= 4 is 11.9 Å². The lowest BCUT2D eigenvalue weighted by atomic mass is 10.3. The van der Waals surface area contributed by atoms with Crippen molar-refractivity contribution in [3.05, 3.63) is 48.6 Å². The Kier molecular flexibility index (Phi) is 11.3. The van der Waals surface area contributed by atoms with Crippen molar-refractivity contribution in [2.75, 3.05) is 0 Å². The van der Waals surface area contributed by atoms with Crippen LogP contribution in [0.5, 0.6) is 0 Å². The molecule has 0 heterocycles. The van der Waals surface area contributed by atoms with Crippen LogP contribution in [-0.2, 0) is 14.3 Å². The summed E-state index contributed by atoms with van der Waals surface area (Å²) in [5.41, 5.74) is 0. The van der Waals surface area contributed by atoms with Crippen LogP contribution in [0.1, 0.15) is 39.5 Å². The number of carbonyl (C=O) groups is 2. The Bertz CT molecular complexity index is 337. The summed E-state index contributed by atoms with van der Waals surface area (Å²) in [5.74, 6) is -1.32. The fraction of sp³-hybridized carbons (Fsp3) is 0.375. The fourth-order valence-corrected chi connectivity index (χ4v) is 1.12. The second-order valence-electron chi connectivity index (χ2n) is 3.89. The molecule has 0 radical (unpaired) electrons. The Morgan fingerprint density at radius 1 is 0.789 bits per heavy atom. The first-order valence-corrected chi connectivity index (χ1v) is 6.62. The molecule has 0 saturated carbocycles. The summed E-state index contributed by atoms with van der Waals surface area (Å²) < 4.78 is 4.54. The highest BCUT2D eigenvalue weighted by atomic mass is 16.6. The van der Waals surface area contributed by atoms with Crippen molar-refractivity contribution in [3.8, 4) is 0 Å². The van der Waals surface area contributed by atoms with E-state index in [4.69, 9.17) is 0 Å². The summed E-state index contributed by atoms with van der Waals surface area (Å²) in [6.45, 7) is 4.14. The van der Waals surface area contributed by atoms with E-state index in [9.17, 15) is 9.59 Å². The van der Waals surface area contributed by atoms with Crippen LogP contribution in [0.15, 0.2) is 48.6 Å². The van der Waals surface area contributed by atoms with E-state index in [0.717, 1.165) is 25.7 Å². The van der Waals surface area contributed by atoms with Crippen molar-refractivity contribution in [3.63, 3.8) is 0 Å². The summed E-state index contributed by atoms with van der Waals surface area (Å²) in [6, 6.07) is 0. The zero-order valence-electron chi connectivity index (χ0n) is 11.7. The Morgan fingerprint density at radius 3 is 1.58 bits per heavy atom. The summed E-state index contributed by atoms with van der Waals surface area (Å²) in [6.07, 6.45) is 17.1. The molecule has 0 bridgehead atoms. The van der Waals surface area contributed by atoms with Crippen LogP contribution in [0, 0.1) is 0 Å². The third kappa shape index (κ3) is 12.3. The van der Waals surface area contributed by atoms with Crippen LogP contribution >= 0.6 is 0 Å². The average molecular weight is 262 g/mol. The highest BCUT2D eigenvalue weighted by Crippen LogP contribution is 1.92. The molecule has 0 aromatic carbocycles. The van der Waals surface area contributed by atoms with Crippen LogP contribution in [0.4, 0.5) is 0 Å². The van der Waals surface area contributed by atoms with E-state index in [2.05, 4.69) is 18.6 Å². The van der Waals surface area contributed by atoms with Crippen molar-refractivity contribution in [1.82, 2.24) is 0 Å². The molecule has 0 atom stereocenters. The largest absolute Gasteiger partial charge is 0.387 e. The number of unbranched alkanes of at least 4 members (excludes halogenated alkanes) is 2. The molecular weight excluding hydrogens is 240 g/mol. The maximum Gasteiger partial charge on any atom is 0.338 e. The maximum atomic E-state index is 11.2. The Morgan fingerprint density at radius 2 is 1.21 bits per heavy atom. The first kappa shape index (κ1) is 17.1. The predicted molar refractivity (Wildman–Crippen MR) is 77.5 cm³/mol. The first-order valence-electron chi connectivity index (χ1n) is 6.62. The molecule has 0 fully saturated rings. The zero-order chi connectivity index (χ0) is 14.3. The summed E-state index contributed by atoms with van der Waals surface area (Å²) in [4.78, 5) is 22.4. The minimum Gasteiger partial charge on any atom is -0.387 e. The van der Waals surface area contributed by atoms with Gasteiger partial charge < -0.3 is 4.74 Å². The summed E-state index contributed by atoms with van der Waals surface area (Å²) in [5, 5.41) is 0. The van der Waals surface area contributed by atoms with Crippen LogP contribution in [0.25, 0.3) is 0 Å². The standard InChI is InChI=1S/C16H22O3/c1-3-5-7-9-11-13-15(17)19-16(18)14-12-10-8-6-4-2/h7-14H,3-6H2,1-2H3. The van der Waals surface area contributed by atoms with Crippen LogP contribution in [0.2, 0.25) is 0 Å². The number of ether oxygens (including phenoxy) is 1. The van der Waals surface area contributed by atoms with Gasteiger partial charge >= 0.3 is 11.9 Å². The van der Waals surface area contributed by atoms with Gasteiger partial charge in [-0.1, -0.05) is 63.1 Å². The zero-order valence-corrected chi connectivity index (χ0v) is 11.7. The van der Waals surface area contributed by atoms with Gasteiger partial charge in [-0.15, -0.1) is 0 Å². The molecule has 0 spiro atoms. The molecule has 0 N–H and O–H groups in total. The lowest BCUT2D eigenvalue weighted by molar-refractivity contribution is -0.152. The number of hydrogen-bond donors (Lipinski definition) is 0. The van der Waals surface area contributed by atoms with Crippen molar-refractivity contribution in [2.24, 2.45) is 0 Å². The van der Waals surface area contributed by atoms with Gasteiger partial charge in [-0.25, -0.2) is 9.59 Å². The van der Waals surface area contributed by atoms with E-state index in [1.165, 1.54) is 12.2 Å². The number of carbonyl (C=O) groups excluding carboxylic acids is 2. The van der Waals surface area contributed by atoms with Gasteiger partial charge in [-0.3, -0.25) is 0 Å². The van der Waals surface area contributed by atoms with Crippen LogP contribution in [-0.4, -0.2) is 11.9 Å². The molecular formula is C16H22O3. The van der Waals surface area contributed by atoms with Gasteiger partial charge in [0.1, 0.15) is 0 Å². The van der Waals surface area contributed by atoms with E-state index in [1.54, 1.807) is 24.3 Å². The predicted octanol–water partition coefficient (Wildman–Crippen LogP) is 3.88. The smallest absolute Gasteiger partial charge is 0.338 e. The molecule has 0 aliphatic carbocycles. The molecule has 0 aromatic rings. The van der Waals surface area contributed by atoms with E-state index in [-0.39, 0.29) is 0 Å². The quantitative estimate of drug-likeness (QED) is 0.288. The van der Waals surface area contributed by atoms with E-state index in [0.29, 0.717) is 0 Å². The first-order chi connectivity index (χ1) is 9.20. The fourth-order valence-electron chi connectivity index (χ4n) is 1.12. The van der Waals surface area contributed by atoms with E-state index >= 15 is 0 Å². The molecule has 3 heteroatoms. The molecule has 0 aliphatic heterocycles. The lowest BCUT2D eigenvalue weighted by Gasteiger charge is -1.92. The Labute approximate surface area is 115 Å². The summed E-state index contributed by atoms with van der Waals surface area (Å²) >= 11 is 0. The van der Waals surface area contributed by atoms with Gasteiger partial charge in [-0.2, -0.15) is 0 Å². The summed E-state index contributed by atoms with van der Waals surface area (Å²) in [7, 11) is 0. The monoisotopic (exact) mass is 262 g/mol. The van der Waals surface area contributed by atoms with Gasteiger partial charge in [0.15, 0.2) is 0 Å². The normalized spacial score (nSPS) is 12.1. The number of rotatable bonds is 8. The molecule has 0 aromatic heterocycles. The molecule has 0 aliphatic rings. The molecule has 0 amide bonds. The SMILES string of the molecule is CCCC=CC=CC(=O)OC(=O)C=CC=CCCC. The third-order valence-corrected chi connectivity index (χ3v) is 2.07. The van der Waals surface area contributed by atoms with Gasteiger partial charge in [0.2, 0.25) is 0 Å². The highest BCUT2D eigenvalue weighted by molar-refractivity contribution is 5.96. The van der Waals surface area contributed by atoms with Crippen molar-refractivity contribution in [2.45, 2.75) is 39.5 Å². The van der Waals surface area contributed by atoms with Crippen LogP contribution in [0.3, 0.4) is 0 Å². The number of allylic oxidation sites excluding steroid dienone is 6. The molecule has 104 valence electrons. The van der Waals surface area contributed by atoms with E-state index < -0.39 is 11.9 Å². The Balaban J connectivity index is 3.95. The highest BCUT2D eigenvalue weighted by Gasteiger charge is 2.01. The Hall–Kier alpha value is -1.90. The molecule has 0 unspecified atom stereocenters. The molecule has 3 nitrogen and oxygen atoms in total. The topological polar surface area (TPSA) is 43.4 Å². The van der Waals surface area contributed by atoms with Gasteiger partial charge in [0, 0.05) is 12.2 Å². The van der Waals surface area contributed by atoms with Gasteiger partial charge in [0.05, 0.1) is 0 Å². The third-order valence-electron chi connectivity index (χ3n) is 2.07. The second kappa shape index (κ2) is 12.6. The van der Waals surface area contributed by atoms with Crippen molar-refractivity contribution < 1.29 is 14.3 Å². The minimum absolute atomic E-state index is 0.659. The molecule has 19 heavy (non-hydrogen) atoms. The number of esters is 2.